The van der Waals surface area contributed by atoms with Gasteiger partial charge in [-0.3, -0.25) is 10.1 Å². The third-order valence-corrected chi connectivity index (χ3v) is 2.90. The van der Waals surface area contributed by atoms with Crippen LogP contribution in [-0.4, -0.2) is 36.6 Å². The lowest BCUT2D eigenvalue weighted by atomic mass is 9.80. The highest BCUT2D eigenvalue weighted by atomic mass is 16.6. The van der Waals surface area contributed by atoms with E-state index < -0.39 is 17.6 Å². The van der Waals surface area contributed by atoms with Crippen LogP contribution < -0.4 is 5.32 Å². The first-order chi connectivity index (χ1) is 8.56. The third-order valence-electron chi connectivity index (χ3n) is 2.90. The highest BCUT2D eigenvalue weighted by Crippen LogP contribution is 2.26. The number of amides is 1. The largest absolute Gasteiger partial charge is 0.464 e. The summed E-state index contributed by atoms with van der Waals surface area (Å²) in [6.07, 6.45) is 1.19. The van der Waals surface area contributed by atoms with Gasteiger partial charge in [0, 0.05) is 6.42 Å². The molecule has 1 saturated carbocycles. The number of hydrogen-bond donors (Lipinski definition) is 1. The first-order valence-electron chi connectivity index (χ1n) is 6.22. The van der Waals surface area contributed by atoms with Crippen LogP contribution in [0.4, 0.5) is 4.79 Å². The molecule has 1 rings (SSSR count). The van der Waals surface area contributed by atoms with Crippen molar-refractivity contribution in [2.75, 3.05) is 13.2 Å². The van der Waals surface area contributed by atoms with Gasteiger partial charge < -0.3 is 9.47 Å². The first-order valence-corrected chi connectivity index (χ1v) is 6.22. The Bertz CT molecular complexity index is 341. The number of ketones is 1. The zero-order valence-electron chi connectivity index (χ0n) is 10.8. The number of carbonyl (C=O) groups is 3. The number of carbonyl (C=O) groups excluding carboxylic acids is 3. The van der Waals surface area contributed by atoms with Crippen molar-refractivity contribution in [3.8, 4) is 0 Å². The summed E-state index contributed by atoms with van der Waals surface area (Å²) in [5.74, 6) is -0.997. The smallest absolute Gasteiger partial charge is 0.408 e. The van der Waals surface area contributed by atoms with Gasteiger partial charge in [-0.15, -0.1) is 0 Å². The van der Waals surface area contributed by atoms with E-state index in [-0.39, 0.29) is 31.8 Å². The Morgan fingerprint density at radius 3 is 2.44 bits per heavy atom. The summed E-state index contributed by atoms with van der Waals surface area (Å²) in [6, 6.07) is 0. The van der Waals surface area contributed by atoms with Gasteiger partial charge in [0.15, 0.2) is 11.3 Å². The van der Waals surface area contributed by atoms with Crippen molar-refractivity contribution in [2.45, 2.75) is 45.1 Å². The monoisotopic (exact) mass is 257 g/mol. The number of Topliss-reactive ketones (excluding diaryl/α,β-unsaturated/α-hetero) is 1. The lowest BCUT2D eigenvalue weighted by Gasteiger charge is -2.33. The Balaban J connectivity index is 2.89. The van der Waals surface area contributed by atoms with Crippen LogP contribution in [0.3, 0.4) is 0 Å². The second-order valence-corrected chi connectivity index (χ2v) is 4.10. The van der Waals surface area contributed by atoms with E-state index in [2.05, 4.69) is 5.32 Å². The minimum atomic E-state index is -1.56. The van der Waals surface area contributed by atoms with E-state index in [1.54, 1.807) is 13.8 Å². The Labute approximate surface area is 106 Å². The Morgan fingerprint density at radius 2 is 1.89 bits per heavy atom. The molecule has 102 valence electrons. The van der Waals surface area contributed by atoms with E-state index in [0.29, 0.717) is 6.42 Å². The molecule has 6 nitrogen and oxygen atoms in total. The molecule has 0 radical (unpaired) electrons. The third kappa shape index (κ3) is 3.00. The number of rotatable bonds is 4. The predicted octanol–water partition coefficient (Wildman–Crippen LogP) is 1.18. The van der Waals surface area contributed by atoms with Crippen LogP contribution in [-0.2, 0) is 19.1 Å². The molecular weight excluding hydrogens is 238 g/mol. The van der Waals surface area contributed by atoms with Gasteiger partial charge >= 0.3 is 12.1 Å². The zero-order valence-corrected chi connectivity index (χ0v) is 10.8. The molecule has 1 atom stereocenters. The van der Waals surface area contributed by atoms with Gasteiger partial charge in [0.25, 0.3) is 0 Å². The maximum atomic E-state index is 12.0. The van der Waals surface area contributed by atoms with Crippen molar-refractivity contribution in [2.24, 2.45) is 0 Å². The van der Waals surface area contributed by atoms with E-state index in [0.717, 1.165) is 6.42 Å². The Kier molecular flexibility index (Phi) is 5.12. The van der Waals surface area contributed by atoms with Crippen LogP contribution in [0.25, 0.3) is 0 Å². The lowest BCUT2D eigenvalue weighted by Crippen LogP contribution is -2.62. The number of ether oxygens (including phenoxy) is 2. The van der Waals surface area contributed by atoms with Crippen LogP contribution in [0.1, 0.15) is 39.5 Å². The molecule has 1 aliphatic carbocycles. The average molecular weight is 257 g/mol. The van der Waals surface area contributed by atoms with Gasteiger partial charge in [0.2, 0.25) is 0 Å². The second kappa shape index (κ2) is 6.37. The fraction of sp³-hybridized carbons (Fsp3) is 0.750. The normalized spacial score (nSPS) is 23.3. The molecule has 0 heterocycles. The van der Waals surface area contributed by atoms with Crippen LogP contribution in [0.15, 0.2) is 0 Å². The molecule has 0 bridgehead atoms. The molecule has 0 aromatic rings. The van der Waals surface area contributed by atoms with Crippen molar-refractivity contribution < 1.29 is 23.9 Å². The molecule has 1 unspecified atom stereocenters. The molecule has 0 aromatic heterocycles. The summed E-state index contributed by atoms with van der Waals surface area (Å²) < 4.78 is 9.64. The second-order valence-electron chi connectivity index (χ2n) is 4.10. The molecule has 1 fully saturated rings. The van der Waals surface area contributed by atoms with E-state index in [9.17, 15) is 14.4 Å². The minimum absolute atomic E-state index is 0.165. The molecule has 0 aliphatic heterocycles. The minimum Gasteiger partial charge on any atom is -0.464 e. The van der Waals surface area contributed by atoms with Crippen LogP contribution in [0.2, 0.25) is 0 Å². The first kappa shape index (κ1) is 14.5. The highest BCUT2D eigenvalue weighted by Gasteiger charge is 2.49. The molecule has 0 spiro atoms. The number of esters is 1. The van der Waals surface area contributed by atoms with Gasteiger partial charge in [-0.25, -0.2) is 9.59 Å². The van der Waals surface area contributed by atoms with E-state index in [1.807, 2.05) is 0 Å². The number of nitrogens with one attached hydrogen (secondary N) is 1. The fourth-order valence-electron chi connectivity index (χ4n) is 2.02. The van der Waals surface area contributed by atoms with Gasteiger partial charge in [-0.1, -0.05) is 0 Å². The molecule has 1 amide bonds. The molecule has 1 aliphatic rings. The summed E-state index contributed by atoms with van der Waals surface area (Å²) in [7, 11) is 0. The van der Waals surface area contributed by atoms with Crippen LogP contribution in [0.5, 0.6) is 0 Å². The SMILES string of the molecule is CCOC(=O)NC1(C(=O)OCC)CCCCC1=O. The lowest BCUT2D eigenvalue weighted by molar-refractivity contribution is -0.156. The summed E-state index contributed by atoms with van der Waals surface area (Å²) in [5, 5.41) is 2.38. The van der Waals surface area contributed by atoms with E-state index >= 15 is 0 Å². The van der Waals surface area contributed by atoms with Crippen molar-refractivity contribution in [3.05, 3.63) is 0 Å². The highest BCUT2D eigenvalue weighted by molar-refractivity contribution is 6.10. The Morgan fingerprint density at radius 1 is 1.22 bits per heavy atom. The molecule has 0 saturated heterocycles. The average Bonchev–Trinajstić information content (AvgIpc) is 2.32. The number of hydrogen-bond acceptors (Lipinski definition) is 5. The maximum Gasteiger partial charge on any atom is 0.408 e. The van der Waals surface area contributed by atoms with Gasteiger partial charge in [0.1, 0.15) is 0 Å². The zero-order chi connectivity index (χ0) is 13.6. The predicted molar refractivity (Wildman–Crippen MR) is 63.0 cm³/mol. The topological polar surface area (TPSA) is 81.7 Å². The molecule has 18 heavy (non-hydrogen) atoms. The van der Waals surface area contributed by atoms with E-state index in [4.69, 9.17) is 9.47 Å². The maximum absolute atomic E-state index is 12.0. The van der Waals surface area contributed by atoms with E-state index in [1.165, 1.54) is 0 Å². The Hall–Kier alpha value is -1.59. The van der Waals surface area contributed by atoms with Gasteiger partial charge in [-0.05, 0) is 33.1 Å². The van der Waals surface area contributed by atoms with Crippen molar-refractivity contribution in [3.63, 3.8) is 0 Å². The molecular formula is C12H19NO5. The van der Waals surface area contributed by atoms with Crippen molar-refractivity contribution >= 4 is 17.8 Å². The molecule has 6 heteroatoms. The van der Waals surface area contributed by atoms with Crippen molar-refractivity contribution in [1.82, 2.24) is 5.32 Å². The van der Waals surface area contributed by atoms with Crippen LogP contribution >= 0.6 is 0 Å². The molecule has 1 N–H and O–H groups in total. The summed E-state index contributed by atoms with van der Waals surface area (Å²) in [4.78, 5) is 35.4. The van der Waals surface area contributed by atoms with Gasteiger partial charge in [-0.2, -0.15) is 0 Å². The fourth-order valence-corrected chi connectivity index (χ4v) is 2.02. The van der Waals surface area contributed by atoms with Gasteiger partial charge in [0.05, 0.1) is 13.2 Å². The molecule has 0 aromatic carbocycles. The summed E-state index contributed by atoms with van der Waals surface area (Å²) in [6.45, 7) is 3.65. The number of alkyl carbamates (subject to hydrolysis) is 1. The summed E-state index contributed by atoms with van der Waals surface area (Å²) in [5.41, 5.74) is -1.56. The van der Waals surface area contributed by atoms with Crippen LogP contribution in [0, 0.1) is 0 Å². The quantitative estimate of drug-likeness (QED) is 0.604. The summed E-state index contributed by atoms with van der Waals surface area (Å²) >= 11 is 0. The standard InChI is InChI=1S/C12H19NO5/c1-3-17-10(15)12(13-11(16)18-4-2)8-6-5-7-9(12)14/h3-8H2,1-2H3,(H,13,16). The van der Waals surface area contributed by atoms with Crippen molar-refractivity contribution in [1.29, 1.82) is 0 Å².